The molecular weight excluding hydrogens is 245 g/mol. The van der Waals surface area contributed by atoms with Crippen molar-refractivity contribution >= 4 is 0 Å². The van der Waals surface area contributed by atoms with E-state index in [2.05, 4.69) is 9.97 Å². The number of hydrogen-bond donors (Lipinski definition) is 1. The lowest BCUT2D eigenvalue weighted by Crippen LogP contribution is -2.28. The van der Waals surface area contributed by atoms with E-state index in [9.17, 15) is 13.2 Å². The van der Waals surface area contributed by atoms with Gasteiger partial charge in [-0.1, -0.05) is 0 Å². The lowest BCUT2D eigenvalue weighted by molar-refractivity contribution is -0.177. The first-order valence-electron chi connectivity index (χ1n) is 6.21. The van der Waals surface area contributed by atoms with Crippen molar-refractivity contribution in [2.24, 2.45) is 5.92 Å². The standard InChI is InChI=1S/C12H17F3N2O/c1-2-18-6-5-11-16-9-4-3-8(12(13,14)15)7-10(9)17-11/h8H,2-7H2,1H3,(H,16,17). The number of aryl methyl sites for hydroxylation is 1. The monoisotopic (exact) mass is 262 g/mol. The normalized spacial score (nSPS) is 19.9. The molecule has 0 aromatic carbocycles. The average Bonchev–Trinajstić information content (AvgIpc) is 2.69. The van der Waals surface area contributed by atoms with E-state index in [1.807, 2.05) is 6.92 Å². The van der Waals surface area contributed by atoms with E-state index < -0.39 is 12.1 Å². The SMILES string of the molecule is CCOCCc1nc2c([nH]1)CC(C(F)(F)F)CC2. The first-order valence-corrected chi connectivity index (χ1v) is 6.21. The minimum atomic E-state index is -4.10. The number of aromatic amines is 1. The van der Waals surface area contributed by atoms with Crippen LogP contribution in [0.25, 0.3) is 0 Å². The maximum absolute atomic E-state index is 12.6. The number of H-pyrrole nitrogens is 1. The zero-order valence-electron chi connectivity index (χ0n) is 10.3. The molecule has 0 fully saturated rings. The minimum Gasteiger partial charge on any atom is -0.381 e. The van der Waals surface area contributed by atoms with Crippen molar-refractivity contribution < 1.29 is 17.9 Å². The molecule has 0 amide bonds. The second kappa shape index (κ2) is 5.30. The van der Waals surface area contributed by atoms with Crippen molar-refractivity contribution in [1.29, 1.82) is 0 Å². The highest BCUT2D eigenvalue weighted by Crippen LogP contribution is 2.36. The van der Waals surface area contributed by atoms with Gasteiger partial charge in [-0.15, -0.1) is 0 Å². The summed E-state index contributed by atoms with van der Waals surface area (Å²) < 4.78 is 43.1. The third-order valence-corrected chi connectivity index (χ3v) is 3.24. The van der Waals surface area contributed by atoms with Crippen LogP contribution in [0.4, 0.5) is 13.2 Å². The molecule has 1 N–H and O–H groups in total. The van der Waals surface area contributed by atoms with Gasteiger partial charge in [0, 0.05) is 25.1 Å². The van der Waals surface area contributed by atoms with E-state index in [4.69, 9.17) is 4.74 Å². The summed E-state index contributed by atoms with van der Waals surface area (Å²) in [5, 5.41) is 0. The van der Waals surface area contributed by atoms with Crippen LogP contribution in [0.2, 0.25) is 0 Å². The van der Waals surface area contributed by atoms with E-state index in [1.165, 1.54) is 0 Å². The Kier molecular flexibility index (Phi) is 3.94. The van der Waals surface area contributed by atoms with Gasteiger partial charge in [0.25, 0.3) is 0 Å². The zero-order valence-corrected chi connectivity index (χ0v) is 10.3. The number of fused-ring (bicyclic) bond motifs is 1. The Morgan fingerprint density at radius 3 is 2.89 bits per heavy atom. The molecule has 0 saturated heterocycles. The summed E-state index contributed by atoms with van der Waals surface area (Å²) in [4.78, 5) is 7.34. The fourth-order valence-electron chi connectivity index (χ4n) is 2.25. The van der Waals surface area contributed by atoms with Crippen molar-refractivity contribution in [3.8, 4) is 0 Å². The summed E-state index contributed by atoms with van der Waals surface area (Å²) in [6.45, 7) is 3.09. The van der Waals surface area contributed by atoms with E-state index in [0.717, 1.165) is 11.5 Å². The topological polar surface area (TPSA) is 37.9 Å². The molecule has 1 aromatic heterocycles. The Morgan fingerprint density at radius 1 is 1.44 bits per heavy atom. The number of hydrogen-bond acceptors (Lipinski definition) is 2. The Hall–Kier alpha value is -1.04. The predicted molar refractivity (Wildman–Crippen MR) is 60.4 cm³/mol. The number of nitrogens with zero attached hydrogens (tertiary/aromatic N) is 1. The fourth-order valence-corrected chi connectivity index (χ4v) is 2.25. The number of alkyl halides is 3. The average molecular weight is 262 g/mol. The maximum atomic E-state index is 12.6. The number of halogens is 3. The molecule has 3 nitrogen and oxygen atoms in total. The van der Waals surface area contributed by atoms with Crippen LogP contribution >= 0.6 is 0 Å². The van der Waals surface area contributed by atoms with Crippen molar-refractivity contribution in [2.45, 2.75) is 38.8 Å². The largest absolute Gasteiger partial charge is 0.392 e. The van der Waals surface area contributed by atoms with Crippen LogP contribution in [0.15, 0.2) is 0 Å². The van der Waals surface area contributed by atoms with Gasteiger partial charge in [0.1, 0.15) is 5.82 Å². The van der Waals surface area contributed by atoms with Gasteiger partial charge in [0.05, 0.1) is 18.2 Å². The molecule has 2 rings (SSSR count). The van der Waals surface area contributed by atoms with Gasteiger partial charge in [-0.05, 0) is 19.8 Å². The molecule has 1 aliphatic carbocycles. The summed E-state index contributed by atoms with van der Waals surface area (Å²) in [5.74, 6) is -0.499. The maximum Gasteiger partial charge on any atom is 0.392 e. The van der Waals surface area contributed by atoms with Crippen LogP contribution in [0, 0.1) is 5.92 Å². The van der Waals surface area contributed by atoms with Gasteiger partial charge in [0.15, 0.2) is 0 Å². The quantitative estimate of drug-likeness (QED) is 0.847. The van der Waals surface area contributed by atoms with Gasteiger partial charge >= 0.3 is 6.18 Å². The zero-order chi connectivity index (χ0) is 13.2. The highest BCUT2D eigenvalue weighted by molar-refractivity contribution is 5.19. The lowest BCUT2D eigenvalue weighted by Gasteiger charge is -2.23. The third-order valence-electron chi connectivity index (χ3n) is 3.24. The van der Waals surface area contributed by atoms with Crippen LogP contribution in [-0.2, 0) is 24.0 Å². The number of rotatable bonds is 4. The summed E-state index contributed by atoms with van der Waals surface area (Å²) in [6.07, 6.45) is -2.90. The van der Waals surface area contributed by atoms with Gasteiger partial charge in [-0.25, -0.2) is 4.98 Å². The highest BCUT2D eigenvalue weighted by Gasteiger charge is 2.41. The van der Waals surface area contributed by atoms with Gasteiger partial charge in [-0.2, -0.15) is 13.2 Å². The molecule has 6 heteroatoms. The summed E-state index contributed by atoms with van der Waals surface area (Å²) in [6, 6.07) is 0. The van der Waals surface area contributed by atoms with Crippen molar-refractivity contribution in [3.63, 3.8) is 0 Å². The van der Waals surface area contributed by atoms with Crippen molar-refractivity contribution in [1.82, 2.24) is 9.97 Å². The summed E-state index contributed by atoms with van der Waals surface area (Å²) >= 11 is 0. The molecule has 1 aromatic rings. The van der Waals surface area contributed by atoms with Crippen LogP contribution in [0.1, 0.15) is 30.6 Å². The smallest absolute Gasteiger partial charge is 0.381 e. The van der Waals surface area contributed by atoms with Gasteiger partial charge in [-0.3, -0.25) is 0 Å². The summed E-state index contributed by atoms with van der Waals surface area (Å²) in [5.41, 5.74) is 1.44. The first kappa shape index (κ1) is 13.4. The van der Waals surface area contributed by atoms with Crippen LogP contribution < -0.4 is 0 Å². The Bertz CT molecular complexity index is 401. The van der Waals surface area contributed by atoms with Crippen molar-refractivity contribution in [2.75, 3.05) is 13.2 Å². The molecule has 0 bridgehead atoms. The Morgan fingerprint density at radius 2 is 2.22 bits per heavy atom. The molecule has 0 saturated carbocycles. The second-order valence-corrected chi connectivity index (χ2v) is 4.54. The Labute approximate surface area is 104 Å². The van der Waals surface area contributed by atoms with E-state index in [-0.39, 0.29) is 12.8 Å². The molecule has 18 heavy (non-hydrogen) atoms. The molecule has 1 aliphatic rings. The third kappa shape index (κ3) is 3.04. The molecule has 1 unspecified atom stereocenters. The van der Waals surface area contributed by atoms with E-state index >= 15 is 0 Å². The minimum absolute atomic E-state index is 0.0282. The number of imidazole rings is 1. The highest BCUT2D eigenvalue weighted by atomic mass is 19.4. The van der Waals surface area contributed by atoms with Crippen LogP contribution in [0.3, 0.4) is 0 Å². The molecule has 1 heterocycles. The first-order chi connectivity index (χ1) is 8.50. The number of aromatic nitrogens is 2. The molecule has 0 spiro atoms. The van der Waals surface area contributed by atoms with Crippen LogP contribution in [0.5, 0.6) is 0 Å². The molecule has 0 aliphatic heterocycles. The Balaban J connectivity index is 2.00. The predicted octanol–water partition coefficient (Wildman–Crippen LogP) is 2.66. The van der Waals surface area contributed by atoms with E-state index in [1.54, 1.807) is 0 Å². The van der Waals surface area contributed by atoms with Gasteiger partial charge in [0.2, 0.25) is 0 Å². The molecule has 0 radical (unpaired) electrons. The summed E-state index contributed by atoms with van der Waals surface area (Å²) in [7, 11) is 0. The molecular formula is C12H17F3N2O. The van der Waals surface area contributed by atoms with Crippen molar-refractivity contribution in [3.05, 3.63) is 17.2 Å². The van der Waals surface area contributed by atoms with E-state index in [0.29, 0.717) is 31.7 Å². The number of nitrogens with one attached hydrogen (secondary N) is 1. The molecule has 102 valence electrons. The second-order valence-electron chi connectivity index (χ2n) is 4.54. The lowest BCUT2D eigenvalue weighted by atomic mass is 9.89. The van der Waals surface area contributed by atoms with Gasteiger partial charge < -0.3 is 9.72 Å². The fraction of sp³-hybridized carbons (Fsp3) is 0.750. The molecule has 1 atom stereocenters. The van der Waals surface area contributed by atoms with Crippen LogP contribution in [-0.4, -0.2) is 29.4 Å². The number of ether oxygens (including phenoxy) is 1.